The van der Waals surface area contributed by atoms with Crippen LogP contribution in [0.4, 0.5) is 0 Å². The number of aromatic nitrogens is 3. The van der Waals surface area contributed by atoms with Crippen LogP contribution in [0.5, 0.6) is 0 Å². The molecule has 98 valence electrons. The van der Waals surface area contributed by atoms with E-state index in [1.165, 1.54) is 0 Å². The smallest absolute Gasteiger partial charge is 0.222 e. The molecule has 4 rings (SSSR count). The fraction of sp³-hybridized carbons (Fsp3) is 0.500. The minimum atomic E-state index is 0.317. The van der Waals surface area contributed by atoms with E-state index in [1.54, 1.807) is 6.20 Å². The monoisotopic (exact) mass is 256 g/mol. The summed E-state index contributed by atoms with van der Waals surface area (Å²) in [6, 6.07) is 0.483. The Kier molecular flexibility index (Phi) is 2.33. The van der Waals surface area contributed by atoms with Crippen molar-refractivity contribution in [2.75, 3.05) is 6.54 Å². The highest BCUT2D eigenvalue weighted by Gasteiger charge is 2.37. The van der Waals surface area contributed by atoms with Crippen molar-refractivity contribution in [3.63, 3.8) is 0 Å². The Balaban J connectivity index is 1.68. The summed E-state index contributed by atoms with van der Waals surface area (Å²) < 4.78 is 2.10. The number of carbonyl (C=O) groups excluding carboxylic acids is 1. The van der Waals surface area contributed by atoms with Gasteiger partial charge in [-0.05, 0) is 19.3 Å². The topological polar surface area (TPSA) is 50.5 Å². The SMILES string of the molecule is O=C1CCC2CC[C@@H](c3ncc4cnccn34)CN12. The zero-order valence-electron chi connectivity index (χ0n) is 10.7. The predicted octanol–water partition coefficient (Wildman–Crippen LogP) is 1.60. The van der Waals surface area contributed by atoms with Crippen LogP contribution in [0.1, 0.15) is 37.4 Å². The number of rotatable bonds is 1. The molecule has 0 saturated carbocycles. The zero-order chi connectivity index (χ0) is 12.8. The van der Waals surface area contributed by atoms with Crippen molar-refractivity contribution in [2.24, 2.45) is 0 Å². The maximum atomic E-state index is 11.9. The van der Waals surface area contributed by atoms with Crippen molar-refractivity contribution >= 4 is 11.4 Å². The lowest BCUT2D eigenvalue weighted by Crippen LogP contribution is -2.41. The van der Waals surface area contributed by atoms with Gasteiger partial charge in [0.15, 0.2) is 0 Å². The van der Waals surface area contributed by atoms with Crippen molar-refractivity contribution in [2.45, 2.75) is 37.6 Å². The quantitative estimate of drug-likeness (QED) is 0.778. The largest absolute Gasteiger partial charge is 0.339 e. The van der Waals surface area contributed by atoms with Gasteiger partial charge in [-0.3, -0.25) is 9.78 Å². The number of imidazole rings is 1. The minimum absolute atomic E-state index is 0.317. The molecule has 0 radical (unpaired) electrons. The van der Waals surface area contributed by atoms with Gasteiger partial charge in [0, 0.05) is 37.3 Å². The van der Waals surface area contributed by atoms with E-state index in [4.69, 9.17) is 0 Å². The van der Waals surface area contributed by atoms with Crippen LogP contribution < -0.4 is 0 Å². The lowest BCUT2D eigenvalue weighted by Gasteiger charge is -2.34. The molecule has 2 aliphatic rings. The lowest BCUT2D eigenvalue weighted by atomic mass is 9.93. The van der Waals surface area contributed by atoms with Crippen LogP contribution in [-0.2, 0) is 4.79 Å². The van der Waals surface area contributed by atoms with E-state index in [2.05, 4.69) is 19.3 Å². The first-order valence-electron chi connectivity index (χ1n) is 6.89. The van der Waals surface area contributed by atoms with Crippen molar-refractivity contribution in [3.05, 3.63) is 30.6 Å². The van der Waals surface area contributed by atoms with E-state index in [0.29, 0.717) is 17.9 Å². The number of nitrogens with zero attached hydrogens (tertiary/aromatic N) is 4. The number of hydrogen-bond donors (Lipinski definition) is 0. The first-order chi connectivity index (χ1) is 9.33. The predicted molar refractivity (Wildman–Crippen MR) is 69.7 cm³/mol. The molecule has 1 unspecified atom stereocenters. The van der Waals surface area contributed by atoms with Crippen molar-refractivity contribution in [1.82, 2.24) is 19.3 Å². The Bertz CT molecular complexity index is 635. The Morgan fingerprint density at radius 2 is 2.16 bits per heavy atom. The molecule has 19 heavy (non-hydrogen) atoms. The van der Waals surface area contributed by atoms with Crippen molar-refractivity contribution in [3.8, 4) is 0 Å². The Morgan fingerprint density at radius 1 is 1.21 bits per heavy atom. The summed E-state index contributed by atoms with van der Waals surface area (Å²) in [4.78, 5) is 22.6. The van der Waals surface area contributed by atoms with Crippen molar-refractivity contribution < 1.29 is 4.79 Å². The van der Waals surface area contributed by atoms with Gasteiger partial charge in [0.1, 0.15) is 5.82 Å². The van der Waals surface area contributed by atoms with Gasteiger partial charge in [-0.15, -0.1) is 0 Å². The first kappa shape index (κ1) is 11.0. The van der Waals surface area contributed by atoms with Gasteiger partial charge in [-0.25, -0.2) is 4.98 Å². The van der Waals surface area contributed by atoms with Crippen molar-refractivity contribution in [1.29, 1.82) is 0 Å². The summed E-state index contributed by atoms with van der Waals surface area (Å²) in [5, 5.41) is 0. The maximum absolute atomic E-state index is 11.9. The number of amides is 1. The van der Waals surface area contributed by atoms with Gasteiger partial charge in [0.2, 0.25) is 5.91 Å². The zero-order valence-corrected chi connectivity index (χ0v) is 10.7. The van der Waals surface area contributed by atoms with Crippen LogP contribution in [0, 0.1) is 0 Å². The molecule has 1 amide bonds. The molecule has 2 fully saturated rings. The second kappa shape index (κ2) is 4.05. The highest BCUT2D eigenvalue weighted by atomic mass is 16.2. The molecule has 0 aromatic carbocycles. The molecule has 4 heterocycles. The standard InChI is InChI=1S/C14H16N4O/c19-13-4-3-11-2-1-10(9-18(11)13)14-16-8-12-7-15-5-6-17(12)14/h5-8,10-11H,1-4,9H2/t10-,11?/m1/s1. The summed E-state index contributed by atoms with van der Waals surface area (Å²) in [6.45, 7) is 0.824. The van der Waals surface area contributed by atoms with Gasteiger partial charge < -0.3 is 9.30 Å². The molecular formula is C14H16N4O. The third-order valence-corrected chi connectivity index (χ3v) is 4.45. The lowest BCUT2D eigenvalue weighted by molar-refractivity contribution is -0.130. The molecule has 2 saturated heterocycles. The maximum Gasteiger partial charge on any atom is 0.222 e. The molecular weight excluding hydrogens is 240 g/mol. The molecule has 0 aliphatic carbocycles. The van der Waals surface area contributed by atoms with Crippen LogP contribution in [0.15, 0.2) is 24.8 Å². The van der Waals surface area contributed by atoms with Crippen LogP contribution in [-0.4, -0.2) is 37.8 Å². The average molecular weight is 256 g/mol. The van der Waals surface area contributed by atoms with E-state index in [-0.39, 0.29) is 0 Å². The van der Waals surface area contributed by atoms with Gasteiger partial charge in [0.05, 0.1) is 17.9 Å². The van der Waals surface area contributed by atoms with E-state index in [9.17, 15) is 4.79 Å². The summed E-state index contributed by atoms with van der Waals surface area (Å²) in [6.07, 6.45) is 11.4. The average Bonchev–Trinajstić information content (AvgIpc) is 3.03. The molecule has 2 atom stereocenters. The van der Waals surface area contributed by atoms with Gasteiger partial charge in [0.25, 0.3) is 0 Å². The van der Waals surface area contributed by atoms with E-state index in [0.717, 1.165) is 43.6 Å². The molecule has 5 nitrogen and oxygen atoms in total. The molecule has 0 N–H and O–H groups in total. The van der Waals surface area contributed by atoms with Crippen LogP contribution >= 0.6 is 0 Å². The van der Waals surface area contributed by atoms with Crippen LogP contribution in [0.2, 0.25) is 0 Å². The Labute approximate surface area is 111 Å². The number of hydrogen-bond acceptors (Lipinski definition) is 3. The van der Waals surface area contributed by atoms with E-state index < -0.39 is 0 Å². The second-order valence-electron chi connectivity index (χ2n) is 5.50. The first-order valence-corrected chi connectivity index (χ1v) is 6.89. The number of fused-ring (bicyclic) bond motifs is 2. The second-order valence-corrected chi connectivity index (χ2v) is 5.50. The number of piperidine rings is 1. The van der Waals surface area contributed by atoms with Gasteiger partial charge >= 0.3 is 0 Å². The summed E-state index contributed by atoms with van der Waals surface area (Å²) in [7, 11) is 0. The highest BCUT2D eigenvalue weighted by molar-refractivity contribution is 5.79. The molecule has 2 aromatic heterocycles. The molecule has 0 spiro atoms. The third-order valence-electron chi connectivity index (χ3n) is 4.45. The normalized spacial score (nSPS) is 26.9. The van der Waals surface area contributed by atoms with Crippen LogP contribution in [0.3, 0.4) is 0 Å². The fourth-order valence-electron chi connectivity index (χ4n) is 3.45. The third kappa shape index (κ3) is 1.64. The summed E-state index contributed by atoms with van der Waals surface area (Å²) in [5.41, 5.74) is 1.02. The highest BCUT2D eigenvalue weighted by Crippen LogP contribution is 2.34. The van der Waals surface area contributed by atoms with E-state index in [1.807, 2.05) is 18.6 Å². The molecule has 2 aromatic rings. The number of carbonyl (C=O) groups is 1. The Morgan fingerprint density at radius 3 is 3.11 bits per heavy atom. The van der Waals surface area contributed by atoms with Gasteiger partial charge in [-0.2, -0.15) is 0 Å². The molecule has 0 bridgehead atoms. The Hall–Kier alpha value is -1.91. The summed E-state index contributed by atoms with van der Waals surface area (Å²) >= 11 is 0. The molecule has 2 aliphatic heterocycles. The summed E-state index contributed by atoms with van der Waals surface area (Å²) in [5.74, 6) is 1.73. The minimum Gasteiger partial charge on any atom is -0.339 e. The van der Waals surface area contributed by atoms with E-state index >= 15 is 0 Å². The molecule has 5 heteroatoms. The van der Waals surface area contributed by atoms with Crippen LogP contribution in [0.25, 0.3) is 5.52 Å². The fourth-order valence-corrected chi connectivity index (χ4v) is 3.45. The van der Waals surface area contributed by atoms with Gasteiger partial charge in [-0.1, -0.05) is 0 Å².